The molecule has 0 saturated heterocycles. The molecule has 0 aromatic heterocycles. The Hall–Kier alpha value is -1.31. The summed E-state index contributed by atoms with van der Waals surface area (Å²) < 4.78 is 0. The standard InChI is InChI=1S/C18H22ClN/c1-14-4-3-5-16(12-14)10-11-20-15(2)13-17-6-8-18(19)9-7-17/h3-9,12,15,20H,10-11,13H2,1-2H3. The van der Waals surface area contributed by atoms with Gasteiger partial charge >= 0.3 is 0 Å². The minimum Gasteiger partial charge on any atom is -0.314 e. The molecule has 0 spiro atoms. The Bertz CT molecular complexity index is 533. The second kappa shape index (κ2) is 7.47. The van der Waals surface area contributed by atoms with Crippen molar-refractivity contribution in [1.29, 1.82) is 0 Å². The highest BCUT2D eigenvalue weighted by molar-refractivity contribution is 6.30. The number of halogens is 1. The third-order valence-corrected chi connectivity index (χ3v) is 3.70. The molecule has 0 fully saturated rings. The summed E-state index contributed by atoms with van der Waals surface area (Å²) in [7, 11) is 0. The average molecular weight is 288 g/mol. The highest BCUT2D eigenvalue weighted by atomic mass is 35.5. The van der Waals surface area contributed by atoms with E-state index in [2.05, 4.69) is 55.6 Å². The molecule has 1 atom stereocenters. The quantitative estimate of drug-likeness (QED) is 0.830. The van der Waals surface area contributed by atoms with Crippen molar-refractivity contribution in [2.75, 3.05) is 6.54 Å². The van der Waals surface area contributed by atoms with Gasteiger partial charge in [-0.05, 0) is 56.5 Å². The van der Waals surface area contributed by atoms with Crippen LogP contribution < -0.4 is 5.32 Å². The molecule has 2 heteroatoms. The van der Waals surface area contributed by atoms with Gasteiger partial charge in [-0.25, -0.2) is 0 Å². The van der Waals surface area contributed by atoms with Gasteiger partial charge in [0.2, 0.25) is 0 Å². The molecule has 0 radical (unpaired) electrons. The van der Waals surface area contributed by atoms with Gasteiger partial charge in [0.05, 0.1) is 0 Å². The first-order chi connectivity index (χ1) is 9.63. The van der Waals surface area contributed by atoms with Gasteiger partial charge in [-0.1, -0.05) is 53.6 Å². The molecule has 2 rings (SSSR count). The first kappa shape index (κ1) is 15.1. The Balaban J connectivity index is 1.75. The van der Waals surface area contributed by atoms with E-state index in [0.29, 0.717) is 6.04 Å². The number of rotatable bonds is 6. The van der Waals surface area contributed by atoms with Gasteiger partial charge in [-0.3, -0.25) is 0 Å². The maximum atomic E-state index is 5.90. The Kier molecular flexibility index (Phi) is 5.63. The third kappa shape index (κ3) is 4.99. The van der Waals surface area contributed by atoms with E-state index in [0.717, 1.165) is 24.4 Å². The SMILES string of the molecule is Cc1cccc(CCNC(C)Cc2ccc(Cl)cc2)c1. The summed E-state index contributed by atoms with van der Waals surface area (Å²) in [4.78, 5) is 0. The van der Waals surface area contributed by atoms with E-state index in [4.69, 9.17) is 11.6 Å². The van der Waals surface area contributed by atoms with Crippen LogP contribution in [0.15, 0.2) is 48.5 Å². The van der Waals surface area contributed by atoms with Crippen molar-refractivity contribution in [3.05, 3.63) is 70.2 Å². The monoisotopic (exact) mass is 287 g/mol. The van der Waals surface area contributed by atoms with E-state index < -0.39 is 0 Å². The summed E-state index contributed by atoms with van der Waals surface area (Å²) in [6, 6.07) is 17.3. The molecule has 0 aliphatic rings. The van der Waals surface area contributed by atoms with E-state index >= 15 is 0 Å². The van der Waals surface area contributed by atoms with Crippen LogP contribution in [0, 0.1) is 6.92 Å². The fourth-order valence-corrected chi connectivity index (χ4v) is 2.50. The van der Waals surface area contributed by atoms with E-state index in [9.17, 15) is 0 Å². The molecular formula is C18H22ClN. The summed E-state index contributed by atoms with van der Waals surface area (Å²) in [6.07, 6.45) is 2.11. The van der Waals surface area contributed by atoms with Crippen LogP contribution in [-0.4, -0.2) is 12.6 Å². The molecule has 0 aliphatic heterocycles. The molecule has 2 aromatic carbocycles. The van der Waals surface area contributed by atoms with Crippen LogP contribution in [0.1, 0.15) is 23.6 Å². The van der Waals surface area contributed by atoms with Crippen molar-refractivity contribution in [3.63, 3.8) is 0 Å². The maximum Gasteiger partial charge on any atom is 0.0406 e. The molecule has 0 heterocycles. The number of hydrogen-bond donors (Lipinski definition) is 1. The van der Waals surface area contributed by atoms with Crippen molar-refractivity contribution >= 4 is 11.6 Å². The second-order valence-electron chi connectivity index (χ2n) is 5.42. The van der Waals surface area contributed by atoms with Crippen LogP contribution in [0.2, 0.25) is 5.02 Å². The Morgan fingerprint density at radius 1 is 1.05 bits per heavy atom. The molecule has 2 aromatic rings. The maximum absolute atomic E-state index is 5.90. The van der Waals surface area contributed by atoms with Gasteiger partial charge in [0.1, 0.15) is 0 Å². The van der Waals surface area contributed by atoms with E-state index in [-0.39, 0.29) is 0 Å². The lowest BCUT2D eigenvalue weighted by molar-refractivity contribution is 0.548. The van der Waals surface area contributed by atoms with E-state index in [1.165, 1.54) is 16.7 Å². The summed E-state index contributed by atoms with van der Waals surface area (Å²) in [5.74, 6) is 0. The molecular weight excluding hydrogens is 266 g/mol. The van der Waals surface area contributed by atoms with Crippen molar-refractivity contribution in [3.8, 4) is 0 Å². The van der Waals surface area contributed by atoms with Crippen LogP contribution in [0.5, 0.6) is 0 Å². The number of benzene rings is 2. The van der Waals surface area contributed by atoms with Crippen molar-refractivity contribution in [2.45, 2.75) is 32.7 Å². The van der Waals surface area contributed by atoms with Gasteiger partial charge in [0.25, 0.3) is 0 Å². The molecule has 0 amide bonds. The van der Waals surface area contributed by atoms with Gasteiger partial charge in [0, 0.05) is 11.1 Å². The fraction of sp³-hybridized carbons (Fsp3) is 0.333. The van der Waals surface area contributed by atoms with Crippen LogP contribution >= 0.6 is 11.6 Å². The number of nitrogens with one attached hydrogen (secondary N) is 1. The van der Waals surface area contributed by atoms with Gasteiger partial charge in [0.15, 0.2) is 0 Å². The molecule has 0 aliphatic carbocycles. The van der Waals surface area contributed by atoms with Crippen LogP contribution in [-0.2, 0) is 12.8 Å². The fourth-order valence-electron chi connectivity index (χ4n) is 2.38. The third-order valence-electron chi connectivity index (χ3n) is 3.44. The molecule has 0 saturated carbocycles. The van der Waals surface area contributed by atoms with Gasteiger partial charge in [-0.15, -0.1) is 0 Å². The topological polar surface area (TPSA) is 12.0 Å². The van der Waals surface area contributed by atoms with Crippen LogP contribution in [0.25, 0.3) is 0 Å². The first-order valence-electron chi connectivity index (χ1n) is 7.17. The lowest BCUT2D eigenvalue weighted by Gasteiger charge is -2.14. The smallest absolute Gasteiger partial charge is 0.0406 e. The summed E-state index contributed by atoms with van der Waals surface area (Å²) in [5.41, 5.74) is 4.05. The predicted molar refractivity (Wildman–Crippen MR) is 87.5 cm³/mol. The zero-order valence-electron chi connectivity index (χ0n) is 12.2. The zero-order chi connectivity index (χ0) is 14.4. The van der Waals surface area contributed by atoms with Gasteiger partial charge in [-0.2, -0.15) is 0 Å². The Labute approximate surface area is 127 Å². The first-order valence-corrected chi connectivity index (χ1v) is 7.54. The summed E-state index contributed by atoms with van der Waals surface area (Å²) in [5, 5.41) is 4.38. The number of hydrogen-bond acceptors (Lipinski definition) is 1. The van der Waals surface area contributed by atoms with Gasteiger partial charge < -0.3 is 5.32 Å². The Morgan fingerprint density at radius 3 is 2.50 bits per heavy atom. The van der Waals surface area contributed by atoms with Crippen LogP contribution in [0.3, 0.4) is 0 Å². The van der Waals surface area contributed by atoms with E-state index in [1.54, 1.807) is 0 Å². The summed E-state index contributed by atoms with van der Waals surface area (Å²) >= 11 is 5.90. The predicted octanol–water partition coefficient (Wildman–Crippen LogP) is 4.41. The van der Waals surface area contributed by atoms with Crippen LogP contribution in [0.4, 0.5) is 0 Å². The van der Waals surface area contributed by atoms with Crippen molar-refractivity contribution in [1.82, 2.24) is 5.32 Å². The summed E-state index contributed by atoms with van der Waals surface area (Å²) in [6.45, 7) is 5.38. The molecule has 0 bridgehead atoms. The molecule has 1 N–H and O–H groups in total. The molecule has 20 heavy (non-hydrogen) atoms. The Morgan fingerprint density at radius 2 is 1.80 bits per heavy atom. The largest absolute Gasteiger partial charge is 0.314 e. The lowest BCUT2D eigenvalue weighted by Crippen LogP contribution is -2.29. The highest BCUT2D eigenvalue weighted by Crippen LogP contribution is 2.11. The normalized spacial score (nSPS) is 12.3. The second-order valence-corrected chi connectivity index (χ2v) is 5.86. The van der Waals surface area contributed by atoms with Crippen molar-refractivity contribution in [2.24, 2.45) is 0 Å². The highest BCUT2D eigenvalue weighted by Gasteiger charge is 2.03. The minimum atomic E-state index is 0.473. The number of aryl methyl sites for hydroxylation is 1. The zero-order valence-corrected chi connectivity index (χ0v) is 13.0. The molecule has 106 valence electrons. The average Bonchev–Trinajstić information content (AvgIpc) is 2.41. The van der Waals surface area contributed by atoms with E-state index in [1.807, 2.05) is 12.1 Å². The minimum absolute atomic E-state index is 0.473. The molecule has 1 nitrogen and oxygen atoms in total. The lowest BCUT2D eigenvalue weighted by atomic mass is 10.1. The van der Waals surface area contributed by atoms with Crippen molar-refractivity contribution < 1.29 is 0 Å². The molecule has 1 unspecified atom stereocenters.